The lowest BCUT2D eigenvalue weighted by Gasteiger charge is -2.41. The largest absolute Gasteiger partial charge is 0.342 e. The Morgan fingerprint density at radius 3 is 2.68 bits per heavy atom. The van der Waals surface area contributed by atoms with Crippen molar-refractivity contribution in [2.75, 3.05) is 13.1 Å². The number of aromatic nitrogens is 2. The molecule has 2 heterocycles. The Hall–Kier alpha value is -2.63. The summed E-state index contributed by atoms with van der Waals surface area (Å²) >= 11 is 0. The zero-order valence-electron chi connectivity index (χ0n) is 14.4. The van der Waals surface area contributed by atoms with Gasteiger partial charge in [0.2, 0.25) is 5.91 Å². The predicted octanol–water partition coefficient (Wildman–Crippen LogP) is 1.51. The zero-order valence-corrected chi connectivity index (χ0v) is 14.4. The van der Waals surface area contributed by atoms with Gasteiger partial charge in [-0.3, -0.25) is 14.6 Å². The van der Waals surface area contributed by atoms with Crippen LogP contribution in [0, 0.1) is 0 Å². The van der Waals surface area contributed by atoms with E-state index in [0.717, 1.165) is 19.4 Å². The first kappa shape index (κ1) is 17.2. The lowest BCUT2D eigenvalue weighted by molar-refractivity contribution is -0.133. The Morgan fingerprint density at radius 2 is 1.96 bits per heavy atom. The second kappa shape index (κ2) is 7.09. The predicted molar refractivity (Wildman–Crippen MR) is 95.5 cm³/mol. The highest BCUT2D eigenvalue weighted by Crippen LogP contribution is 2.33. The van der Waals surface area contributed by atoms with Gasteiger partial charge >= 0.3 is 5.69 Å². The number of nitrogens with one attached hydrogen (secondary N) is 1. The number of hydrogen-bond acceptors (Lipinski definition) is 3. The number of aromatic amines is 1. The van der Waals surface area contributed by atoms with Crippen LogP contribution in [0.3, 0.4) is 0 Å². The molecule has 132 valence electrons. The molecule has 1 N–H and O–H groups in total. The number of H-pyrrole nitrogens is 1. The fourth-order valence-corrected chi connectivity index (χ4v) is 3.52. The molecule has 0 saturated carbocycles. The van der Waals surface area contributed by atoms with Crippen LogP contribution in [0.15, 0.2) is 52.2 Å². The molecule has 1 aliphatic rings. The fourth-order valence-electron chi connectivity index (χ4n) is 3.52. The van der Waals surface area contributed by atoms with Gasteiger partial charge in [-0.05, 0) is 18.4 Å². The first-order valence-electron chi connectivity index (χ1n) is 8.61. The van der Waals surface area contributed by atoms with Crippen molar-refractivity contribution < 1.29 is 4.79 Å². The van der Waals surface area contributed by atoms with Crippen molar-refractivity contribution in [2.24, 2.45) is 0 Å². The van der Waals surface area contributed by atoms with E-state index in [0.29, 0.717) is 6.54 Å². The number of amides is 1. The average Bonchev–Trinajstić information content (AvgIpc) is 2.61. The summed E-state index contributed by atoms with van der Waals surface area (Å²) in [4.78, 5) is 39.5. The molecule has 1 saturated heterocycles. The Kier molecular flexibility index (Phi) is 4.88. The van der Waals surface area contributed by atoms with Gasteiger partial charge in [-0.25, -0.2) is 4.79 Å². The lowest BCUT2D eigenvalue weighted by Crippen LogP contribution is -2.47. The molecule has 0 bridgehead atoms. The number of aryl methyl sites for hydroxylation is 1. The van der Waals surface area contributed by atoms with Crippen LogP contribution in [-0.4, -0.2) is 33.4 Å². The van der Waals surface area contributed by atoms with Crippen molar-refractivity contribution in [1.82, 2.24) is 14.5 Å². The van der Waals surface area contributed by atoms with E-state index in [1.54, 1.807) is 0 Å². The fraction of sp³-hybridized carbons (Fsp3) is 0.421. The Balaban J connectivity index is 1.66. The summed E-state index contributed by atoms with van der Waals surface area (Å²) in [5.74, 6) is 0.0416. The van der Waals surface area contributed by atoms with Crippen LogP contribution in [0.2, 0.25) is 0 Å². The molecule has 2 aromatic rings. The SMILES string of the molecule is C[C@@]1(c2ccccc2)CCCN(C(=O)CCn2ccc(=O)[nH]c2=O)C1. The minimum absolute atomic E-state index is 0.0377. The number of piperidine rings is 1. The molecular weight excluding hydrogens is 318 g/mol. The third-order valence-electron chi connectivity index (χ3n) is 4.98. The van der Waals surface area contributed by atoms with Gasteiger partial charge in [0.15, 0.2) is 0 Å². The molecule has 1 aromatic carbocycles. The number of nitrogens with zero attached hydrogens (tertiary/aromatic N) is 2. The summed E-state index contributed by atoms with van der Waals surface area (Å²) in [6, 6.07) is 11.6. The molecule has 0 spiro atoms. The molecule has 6 nitrogen and oxygen atoms in total. The number of carbonyl (C=O) groups is 1. The summed E-state index contributed by atoms with van der Waals surface area (Å²) in [5, 5.41) is 0. The monoisotopic (exact) mass is 341 g/mol. The molecule has 1 amide bonds. The maximum atomic E-state index is 12.6. The van der Waals surface area contributed by atoms with Gasteiger partial charge in [0.1, 0.15) is 0 Å². The summed E-state index contributed by atoms with van der Waals surface area (Å²) in [7, 11) is 0. The molecule has 3 rings (SSSR count). The number of hydrogen-bond donors (Lipinski definition) is 1. The van der Waals surface area contributed by atoms with Gasteiger partial charge in [-0.15, -0.1) is 0 Å². The second-order valence-electron chi connectivity index (χ2n) is 6.90. The van der Waals surface area contributed by atoms with E-state index < -0.39 is 11.2 Å². The number of benzene rings is 1. The number of likely N-dealkylation sites (tertiary alicyclic amines) is 1. The van der Waals surface area contributed by atoms with Crippen LogP contribution in [0.1, 0.15) is 31.7 Å². The zero-order chi connectivity index (χ0) is 17.9. The maximum absolute atomic E-state index is 12.6. The Morgan fingerprint density at radius 1 is 1.20 bits per heavy atom. The molecule has 1 aromatic heterocycles. The van der Waals surface area contributed by atoms with Crippen molar-refractivity contribution in [3.8, 4) is 0 Å². The lowest BCUT2D eigenvalue weighted by atomic mass is 9.76. The van der Waals surface area contributed by atoms with Gasteiger partial charge in [-0.1, -0.05) is 37.3 Å². The Bertz CT molecular complexity index is 856. The van der Waals surface area contributed by atoms with Crippen molar-refractivity contribution in [3.63, 3.8) is 0 Å². The molecule has 0 unspecified atom stereocenters. The molecule has 1 atom stereocenters. The molecular formula is C19H23N3O3. The molecule has 0 radical (unpaired) electrons. The van der Waals surface area contributed by atoms with Gasteiger partial charge in [0, 0.05) is 43.7 Å². The third kappa shape index (κ3) is 3.90. The van der Waals surface area contributed by atoms with Crippen molar-refractivity contribution in [2.45, 2.75) is 38.1 Å². The molecule has 1 fully saturated rings. The highest BCUT2D eigenvalue weighted by atomic mass is 16.2. The summed E-state index contributed by atoms with van der Waals surface area (Å²) in [6.45, 7) is 3.92. The topological polar surface area (TPSA) is 75.2 Å². The van der Waals surface area contributed by atoms with E-state index in [9.17, 15) is 14.4 Å². The second-order valence-corrected chi connectivity index (χ2v) is 6.90. The van der Waals surface area contributed by atoms with Crippen LogP contribution >= 0.6 is 0 Å². The van der Waals surface area contributed by atoms with Crippen molar-refractivity contribution >= 4 is 5.91 Å². The summed E-state index contributed by atoms with van der Waals surface area (Å²) < 4.78 is 1.36. The van der Waals surface area contributed by atoms with Gasteiger partial charge in [0.05, 0.1) is 0 Å². The van der Waals surface area contributed by atoms with Crippen LogP contribution in [0.4, 0.5) is 0 Å². The number of carbonyl (C=O) groups excluding carboxylic acids is 1. The van der Waals surface area contributed by atoms with Crippen LogP contribution in [0.25, 0.3) is 0 Å². The number of rotatable bonds is 4. The first-order valence-corrected chi connectivity index (χ1v) is 8.61. The first-order chi connectivity index (χ1) is 12.0. The quantitative estimate of drug-likeness (QED) is 0.916. The average molecular weight is 341 g/mol. The van der Waals surface area contributed by atoms with Crippen molar-refractivity contribution in [3.05, 3.63) is 69.0 Å². The van der Waals surface area contributed by atoms with E-state index in [2.05, 4.69) is 24.0 Å². The summed E-state index contributed by atoms with van der Waals surface area (Å²) in [6.07, 6.45) is 3.70. The smallest absolute Gasteiger partial charge is 0.328 e. The molecule has 0 aliphatic carbocycles. The van der Waals surface area contributed by atoms with E-state index in [4.69, 9.17) is 0 Å². The third-order valence-corrected chi connectivity index (χ3v) is 4.98. The van der Waals surface area contributed by atoms with Gasteiger partial charge < -0.3 is 9.47 Å². The highest BCUT2D eigenvalue weighted by Gasteiger charge is 2.34. The molecule has 25 heavy (non-hydrogen) atoms. The van der Waals surface area contributed by atoms with E-state index in [1.165, 1.54) is 22.4 Å². The van der Waals surface area contributed by atoms with Crippen molar-refractivity contribution in [1.29, 1.82) is 0 Å². The highest BCUT2D eigenvalue weighted by molar-refractivity contribution is 5.76. The minimum atomic E-state index is -0.479. The minimum Gasteiger partial charge on any atom is -0.342 e. The summed E-state index contributed by atoms with van der Waals surface area (Å²) in [5.41, 5.74) is 0.309. The van der Waals surface area contributed by atoms with Gasteiger partial charge in [0.25, 0.3) is 5.56 Å². The van der Waals surface area contributed by atoms with Crippen LogP contribution in [0.5, 0.6) is 0 Å². The standard InChI is InChI=1S/C19H23N3O3/c1-19(15-6-3-2-4-7-15)10-5-11-22(14-19)17(24)9-13-21-12-8-16(23)20-18(21)25/h2-4,6-8,12H,5,9-11,13-14H2,1H3,(H,20,23,25)/t19-/m1/s1. The molecule has 6 heteroatoms. The normalized spacial score (nSPS) is 20.4. The Labute approximate surface area is 146 Å². The molecule has 1 aliphatic heterocycles. The van der Waals surface area contributed by atoms with E-state index >= 15 is 0 Å². The van der Waals surface area contributed by atoms with Crippen LogP contribution in [-0.2, 0) is 16.8 Å². The van der Waals surface area contributed by atoms with Gasteiger partial charge in [-0.2, -0.15) is 0 Å². The van der Waals surface area contributed by atoms with E-state index in [-0.39, 0.29) is 24.3 Å². The van der Waals surface area contributed by atoms with Crippen LogP contribution < -0.4 is 11.2 Å². The maximum Gasteiger partial charge on any atom is 0.328 e. The van der Waals surface area contributed by atoms with E-state index in [1.807, 2.05) is 23.1 Å².